The standard InChI is InChI=1S/C14H16N2O4S2/c1-16(2)22(19,20)14-10-8-13(9-11-14)21(17,18)15-12-6-4-3-5-7-12/h3-11,15H,1-2H3. The molecule has 0 aromatic heterocycles. The van der Waals surface area contributed by atoms with Gasteiger partial charge in [0.25, 0.3) is 10.0 Å². The fraction of sp³-hybridized carbons (Fsp3) is 0.143. The van der Waals surface area contributed by atoms with Crippen LogP contribution in [0.25, 0.3) is 0 Å². The van der Waals surface area contributed by atoms with Gasteiger partial charge in [-0.3, -0.25) is 4.72 Å². The second-order valence-electron chi connectivity index (χ2n) is 4.73. The summed E-state index contributed by atoms with van der Waals surface area (Å²) in [6.45, 7) is 0. The quantitative estimate of drug-likeness (QED) is 0.898. The Morgan fingerprint density at radius 1 is 0.773 bits per heavy atom. The molecule has 0 unspecified atom stereocenters. The van der Waals surface area contributed by atoms with Gasteiger partial charge in [0, 0.05) is 19.8 Å². The Labute approximate surface area is 130 Å². The molecular weight excluding hydrogens is 324 g/mol. The van der Waals surface area contributed by atoms with Crippen LogP contribution in [0.5, 0.6) is 0 Å². The highest BCUT2D eigenvalue weighted by Crippen LogP contribution is 2.19. The average molecular weight is 340 g/mol. The first-order valence-corrected chi connectivity index (χ1v) is 9.26. The molecule has 0 amide bonds. The van der Waals surface area contributed by atoms with Gasteiger partial charge in [-0.05, 0) is 36.4 Å². The van der Waals surface area contributed by atoms with Crippen molar-refractivity contribution in [1.82, 2.24) is 4.31 Å². The Balaban J connectivity index is 2.31. The van der Waals surface area contributed by atoms with E-state index < -0.39 is 20.0 Å². The van der Waals surface area contributed by atoms with E-state index in [1.807, 2.05) is 0 Å². The predicted octanol–water partition coefficient (Wildman–Crippen LogP) is 1.74. The van der Waals surface area contributed by atoms with Crippen molar-refractivity contribution in [3.05, 3.63) is 54.6 Å². The summed E-state index contributed by atoms with van der Waals surface area (Å²) < 4.78 is 51.8. The topological polar surface area (TPSA) is 83.6 Å². The van der Waals surface area contributed by atoms with Gasteiger partial charge in [0.2, 0.25) is 10.0 Å². The van der Waals surface area contributed by atoms with E-state index in [2.05, 4.69) is 4.72 Å². The van der Waals surface area contributed by atoms with Gasteiger partial charge in [-0.1, -0.05) is 18.2 Å². The number of para-hydroxylation sites is 1. The second kappa shape index (κ2) is 6.07. The van der Waals surface area contributed by atoms with Crippen molar-refractivity contribution >= 4 is 25.7 Å². The molecule has 1 N–H and O–H groups in total. The van der Waals surface area contributed by atoms with E-state index in [9.17, 15) is 16.8 Å². The van der Waals surface area contributed by atoms with Crippen LogP contribution in [-0.4, -0.2) is 35.2 Å². The molecule has 0 bridgehead atoms. The lowest BCUT2D eigenvalue weighted by molar-refractivity contribution is 0.520. The van der Waals surface area contributed by atoms with E-state index in [1.54, 1.807) is 30.3 Å². The molecule has 0 aliphatic heterocycles. The monoisotopic (exact) mass is 340 g/mol. The number of benzene rings is 2. The zero-order valence-corrected chi connectivity index (χ0v) is 13.7. The summed E-state index contributed by atoms with van der Waals surface area (Å²) in [5.74, 6) is 0. The maximum absolute atomic E-state index is 12.2. The van der Waals surface area contributed by atoms with Crippen LogP contribution in [0.2, 0.25) is 0 Å². The van der Waals surface area contributed by atoms with Gasteiger partial charge in [0.15, 0.2) is 0 Å². The van der Waals surface area contributed by atoms with Crippen LogP contribution >= 0.6 is 0 Å². The van der Waals surface area contributed by atoms with Gasteiger partial charge in [-0.2, -0.15) is 0 Å². The molecule has 2 rings (SSSR count). The van der Waals surface area contributed by atoms with E-state index in [4.69, 9.17) is 0 Å². The smallest absolute Gasteiger partial charge is 0.261 e. The summed E-state index contributed by atoms with van der Waals surface area (Å²) in [5.41, 5.74) is 0.437. The van der Waals surface area contributed by atoms with Gasteiger partial charge in [0.05, 0.1) is 9.79 Å². The van der Waals surface area contributed by atoms with Crippen LogP contribution in [0.15, 0.2) is 64.4 Å². The lowest BCUT2D eigenvalue weighted by Gasteiger charge is -2.12. The summed E-state index contributed by atoms with van der Waals surface area (Å²) in [5, 5.41) is 0. The average Bonchev–Trinajstić information content (AvgIpc) is 2.48. The van der Waals surface area contributed by atoms with Gasteiger partial charge in [0.1, 0.15) is 0 Å². The number of rotatable bonds is 5. The van der Waals surface area contributed by atoms with E-state index in [-0.39, 0.29) is 9.79 Å². The summed E-state index contributed by atoms with van der Waals surface area (Å²) in [6.07, 6.45) is 0. The molecule has 6 nitrogen and oxygen atoms in total. The molecule has 22 heavy (non-hydrogen) atoms. The maximum atomic E-state index is 12.2. The fourth-order valence-electron chi connectivity index (χ4n) is 1.72. The highest BCUT2D eigenvalue weighted by molar-refractivity contribution is 7.92. The van der Waals surface area contributed by atoms with Crippen molar-refractivity contribution in [3.63, 3.8) is 0 Å². The Morgan fingerprint density at radius 2 is 1.27 bits per heavy atom. The summed E-state index contributed by atoms with van der Waals surface area (Å²) >= 11 is 0. The molecule has 0 spiro atoms. The molecular formula is C14H16N2O4S2. The summed E-state index contributed by atoms with van der Waals surface area (Å²) in [6, 6.07) is 13.5. The zero-order chi connectivity index (χ0) is 16.4. The third-order valence-corrected chi connectivity index (χ3v) is 6.17. The van der Waals surface area contributed by atoms with Gasteiger partial charge in [-0.25, -0.2) is 21.1 Å². The molecule has 0 aliphatic rings. The SMILES string of the molecule is CN(C)S(=O)(=O)c1ccc(S(=O)(=O)Nc2ccccc2)cc1. The highest BCUT2D eigenvalue weighted by Gasteiger charge is 2.19. The van der Waals surface area contributed by atoms with Crippen molar-refractivity contribution in [2.75, 3.05) is 18.8 Å². The van der Waals surface area contributed by atoms with E-state index in [0.29, 0.717) is 5.69 Å². The van der Waals surface area contributed by atoms with E-state index in [1.165, 1.54) is 38.4 Å². The van der Waals surface area contributed by atoms with Crippen molar-refractivity contribution < 1.29 is 16.8 Å². The molecule has 8 heteroatoms. The molecule has 0 heterocycles. The minimum atomic E-state index is -3.75. The van der Waals surface area contributed by atoms with Crippen LogP contribution in [0.3, 0.4) is 0 Å². The Bertz CT molecular complexity index is 843. The first-order chi connectivity index (χ1) is 10.2. The first-order valence-electron chi connectivity index (χ1n) is 6.34. The van der Waals surface area contributed by atoms with Crippen LogP contribution in [0.4, 0.5) is 5.69 Å². The van der Waals surface area contributed by atoms with Gasteiger partial charge < -0.3 is 0 Å². The molecule has 0 saturated carbocycles. The number of nitrogens with one attached hydrogen (secondary N) is 1. The predicted molar refractivity (Wildman–Crippen MR) is 84.6 cm³/mol. The third kappa shape index (κ3) is 3.46. The zero-order valence-electron chi connectivity index (χ0n) is 12.1. The molecule has 0 atom stereocenters. The van der Waals surface area contributed by atoms with Crippen LogP contribution in [0.1, 0.15) is 0 Å². The fourth-order valence-corrected chi connectivity index (χ4v) is 3.68. The number of anilines is 1. The van der Waals surface area contributed by atoms with Crippen LogP contribution in [-0.2, 0) is 20.0 Å². The minimum Gasteiger partial charge on any atom is -0.280 e. The molecule has 0 radical (unpaired) electrons. The largest absolute Gasteiger partial charge is 0.280 e. The van der Waals surface area contributed by atoms with Gasteiger partial charge in [-0.15, -0.1) is 0 Å². The van der Waals surface area contributed by atoms with E-state index in [0.717, 1.165) is 4.31 Å². The summed E-state index contributed by atoms with van der Waals surface area (Å²) in [4.78, 5) is 0.0326. The van der Waals surface area contributed by atoms with Crippen molar-refractivity contribution in [1.29, 1.82) is 0 Å². The normalized spacial score (nSPS) is 12.3. The Kier molecular flexibility index (Phi) is 4.55. The lowest BCUT2D eigenvalue weighted by Crippen LogP contribution is -2.22. The molecule has 2 aromatic rings. The minimum absolute atomic E-state index is 0.00550. The Hall–Kier alpha value is -1.90. The molecule has 118 valence electrons. The van der Waals surface area contributed by atoms with Crippen LogP contribution in [0, 0.1) is 0 Å². The summed E-state index contributed by atoms with van der Waals surface area (Å²) in [7, 11) is -4.51. The Morgan fingerprint density at radius 3 is 1.77 bits per heavy atom. The molecule has 0 saturated heterocycles. The highest BCUT2D eigenvalue weighted by atomic mass is 32.2. The van der Waals surface area contributed by atoms with Crippen LogP contribution < -0.4 is 4.72 Å². The first kappa shape index (κ1) is 16.5. The number of hydrogen-bond acceptors (Lipinski definition) is 4. The molecule has 2 aromatic carbocycles. The number of sulfonamides is 2. The van der Waals surface area contributed by atoms with Crippen molar-refractivity contribution in [2.24, 2.45) is 0 Å². The third-order valence-electron chi connectivity index (χ3n) is 2.94. The number of hydrogen-bond donors (Lipinski definition) is 1. The lowest BCUT2D eigenvalue weighted by atomic mass is 10.3. The van der Waals surface area contributed by atoms with Crippen molar-refractivity contribution in [3.8, 4) is 0 Å². The number of nitrogens with zero attached hydrogens (tertiary/aromatic N) is 1. The maximum Gasteiger partial charge on any atom is 0.261 e. The van der Waals surface area contributed by atoms with Crippen molar-refractivity contribution in [2.45, 2.75) is 9.79 Å². The van der Waals surface area contributed by atoms with E-state index >= 15 is 0 Å². The van der Waals surface area contributed by atoms with Gasteiger partial charge >= 0.3 is 0 Å². The molecule has 0 aliphatic carbocycles. The molecule has 0 fully saturated rings. The second-order valence-corrected chi connectivity index (χ2v) is 8.56.